The van der Waals surface area contributed by atoms with Crippen LogP contribution in [-0.2, 0) is 9.47 Å². The van der Waals surface area contributed by atoms with Gasteiger partial charge in [-0.1, -0.05) is 6.42 Å². The van der Waals surface area contributed by atoms with Crippen LogP contribution in [0.4, 0.5) is 4.79 Å². The fraction of sp³-hybridized carbons (Fsp3) is 0.933. The topological polar surface area (TPSA) is 50.8 Å². The monoisotopic (exact) mass is 284 g/mol. The van der Waals surface area contributed by atoms with Gasteiger partial charge in [-0.25, -0.2) is 4.79 Å². The van der Waals surface area contributed by atoms with E-state index in [9.17, 15) is 4.79 Å². The summed E-state index contributed by atoms with van der Waals surface area (Å²) in [6.45, 7) is 10.8. The number of rotatable bonds is 3. The second-order valence-corrected chi connectivity index (χ2v) is 7.30. The lowest BCUT2D eigenvalue weighted by Crippen LogP contribution is -2.53. The maximum absolute atomic E-state index is 12.4. The van der Waals surface area contributed by atoms with Crippen LogP contribution in [0.2, 0.25) is 0 Å². The molecule has 0 aromatic carbocycles. The smallest absolute Gasteiger partial charge is 0.412 e. The molecular weight excluding hydrogens is 256 g/mol. The Kier molecular flexibility index (Phi) is 4.30. The van der Waals surface area contributed by atoms with Crippen molar-refractivity contribution >= 4 is 6.09 Å². The highest BCUT2D eigenvalue weighted by atomic mass is 16.6. The first kappa shape index (κ1) is 15.6. The Morgan fingerprint density at radius 1 is 1.40 bits per heavy atom. The Morgan fingerprint density at radius 2 is 2.05 bits per heavy atom. The molecular formula is C15H28N2O3. The molecule has 1 heterocycles. The maximum Gasteiger partial charge on any atom is 0.412 e. The van der Waals surface area contributed by atoms with Crippen molar-refractivity contribution in [1.29, 1.82) is 0 Å². The lowest BCUT2D eigenvalue weighted by atomic mass is 9.93. The summed E-state index contributed by atoms with van der Waals surface area (Å²) in [4.78, 5) is 14.2. The van der Waals surface area contributed by atoms with Crippen LogP contribution >= 0.6 is 0 Å². The zero-order valence-corrected chi connectivity index (χ0v) is 13.4. The predicted octanol–water partition coefficient (Wildman–Crippen LogP) is 2.50. The molecule has 1 atom stereocenters. The van der Waals surface area contributed by atoms with Crippen LogP contribution in [0.15, 0.2) is 0 Å². The fourth-order valence-corrected chi connectivity index (χ4v) is 2.63. The van der Waals surface area contributed by atoms with E-state index < -0.39 is 11.3 Å². The number of nitrogens with zero attached hydrogens (tertiary/aromatic N) is 1. The second kappa shape index (κ2) is 5.53. The molecule has 1 saturated carbocycles. The van der Waals surface area contributed by atoms with Gasteiger partial charge < -0.3 is 14.8 Å². The molecule has 1 N–H and O–H groups in total. The van der Waals surface area contributed by atoms with Gasteiger partial charge in [0.2, 0.25) is 0 Å². The van der Waals surface area contributed by atoms with Crippen molar-refractivity contribution in [3.8, 4) is 0 Å². The molecule has 0 aromatic heterocycles. The maximum atomic E-state index is 12.4. The minimum Gasteiger partial charge on any atom is -0.444 e. The van der Waals surface area contributed by atoms with Gasteiger partial charge in [-0.2, -0.15) is 0 Å². The molecule has 116 valence electrons. The number of hydrogen-bond acceptors (Lipinski definition) is 4. The Labute approximate surface area is 122 Å². The zero-order valence-electron chi connectivity index (χ0n) is 13.4. The number of carbonyl (C=O) groups is 1. The summed E-state index contributed by atoms with van der Waals surface area (Å²) < 4.78 is 11.3. The van der Waals surface area contributed by atoms with Gasteiger partial charge in [-0.05, 0) is 47.5 Å². The summed E-state index contributed by atoms with van der Waals surface area (Å²) in [5.74, 6) is 0. The molecule has 0 radical (unpaired) electrons. The Bertz CT molecular complexity index is 359. The van der Waals surface area contributed by atoms with Gasteiger partial charge in [-0.3, -0.25) is 4.90 Å². The summed E-state index contributed by atoms with van der Waals surface area (Å²) >= 11 is 0. The van der Waals surface area contributed by atoms with Crippen LogP contribution < -0.4 is 5.32 Å². The van der Waals surface area contributed by atoms with Crippen molar-refractivity contribution in [2.75, 3.05) is 13.2 Å². The first-order chi connectivity index (χ1) is 9.19. The summed E-state index contributed by atoms with van der Waals surface area (Å²) in [5.41, 5.74) is -1.09. The number of hydrogen-bond donors (Lipinski definition) is 1. The van der Waals surface area contributed by atoms with E-state index in [0.717, 1.165) is 6.54 Å². The molecule has 1 saturated heterocycles. The average molecular weight is 284 g/mol. The Hall–Kier alpha value is -0.810. The van der Waals surface area contributed by atoms with Crippen LogP contribution in [0.3, 0.4) is 0 Å². The molecule has 0 spiro atoms. The van der Waals surface area contributed by atoms with Crippen molar-refractivity contribution in [3.05, 3.63) is 0 Å². The average Bonchev–Trinajstić information content (AvgIpc) is 2.49. The fourth-order valence-electron chi connectivity index (χ4n) is 2.63. The van der Waals surface area contributed by atoms with E-state index in [4.69, 9.17) is 9.47 Å². The lowest BCUT2D eigenvalue weighted by Gasteiger charge is -2.36. The van der Waals surface area contributed by atoms with Gasteiger partial charge in [0.05, 0.1) is 12.6 Å². The molecule has 1 amide bonds. The SMILES string of the molecule is CC(C)(C)OC(=O)N1[C@@H](CNC2CCC2)COC1(C)C. The summed E-state index contributed by atoms with van der Waals surface area (Å²) in [6, 6.07) is 0.652. The van der Waals surface area contributed by atoms with Gasteiger partial charge in [0, 0.05) is 12.6 Å². The highest BCUT2D eigenvalue weighted by Gasteiger charge is 2.45. The van der Waals surface area contributed by atoms with E-state index in [0.29, 0.717) is 12.6 Å². The molecule has 2 fully saturated rings. The standard InChI is InChI=1S/C15H28N2O3/c1-14(2,3)20-13(18)17-12(10-19-15(17,4)5)9-16-11-7-6-8-11/h11-12,16H,6-10H2,1-5H3/t12-/m0/s1. The quantitative estimate of drug-likeness (QED) is 0.865. The minimum atomic E-state index is -0.603. The first-order valence-electron chi connectivity index (χ1n) is 7.59. The molecule has 0 unspecified atom stereocenters. The molecule has 2 rings (SSSR count). The van der Waals surface area contributed by atoms with Crippen LogP contribution in [-0.4, -0.2) is 47.6 Å². The number of ether oxygens (including phenoxy) is 2. The molecule has 0 bridgehead atoms. The van der Waals surface area contributed by atoms with E-state index in [-0.39, 0.29) is 12.1 Å². The highest BCUT2D eigenvalue weighted by Crippen LogP contribution is 2.29. The Balaban J connectivity index is 1.97. The third-order valence-corrected chi connectivity index (χ3v) is 3.91. The first-order valence-corrected chi connectivity index (χ1v) is 7.59. The molecule has 5 nitrogen and oxygen atoms in total. The molecule has 0 aromatic rings. The summed E-state index contributed by atoms with van der Waals surface area (Å²) in [6.07, 6.45) is 3.49. The molecule has 20 heavy (non-hydrogen) atoms. The van der Waals surface area contributed by atoms with Crippen molar-refractivity contribution in [2.45, 2.75) is 77.3 Å². The van der Waals surface area contributed by atoms with Crippen LogP contribution in [0.5, 0.6) is 0 Å². The van der Waals surface area contributed by atoms with E-state index in [1.165, 1.54) is 19.3 Å². The van der Waals surface area contributed by atoms with Gasteiger partial charge >= 0.3 is 6.09 Å². The largest absolute Gasteiger partial charge is 0.444 e. The second-order valence-electron chi connectivity index (χ2n) is 7.30. The van der Waals surface area contributed by atoms with Crippen LogP contribution in [0.25, 0.3) is 0 Å². The van der Waals surface area contributed by atoms with Crippen LogP contribution in [0.1, 0.15) is 53.9 Å². The number of amides is 1. The third-order valence-electron chi connectivity index (χ3n) is 3.91. The van der Waals surface area contributed by atoms with Crippen molar-refractivity contribution in [1.82, 2.24) is 10.2 Å². The molecule has 2 aliphatic rings. The van der Waals surface area contributed by atoms with Crippen LogP contribution in [0, 0.1) is 0 Å². The normalized spacial score (nSPS) is 26.4. The molecule has 1 aliphatic heterocycles. The van der Waals surface area contributed by atoms with Crippen molar-refractivity contribution < 1.29 is 14.3 Å². The Morgan fingerprint density at radius 3 is 2.55 bits per heavy atom. The number of nitrogens with one attached hydrogen (secondary N) is 1. The van der Waals surface area contributed by atoms with Gasteiger partial charge in [0.15, 0.2) is 0 Å². The van der Waals surface area contributed by atoms with E-state index >= 15 is 0 Å². The van der Waals surface area contributed by atoms with Crippen molar-refractivity contribution in [2.24, 2.45) is 0 Å². The van der Waals surface area contributed by atoms with Gasteiger partial charge in [0.1, 0.15) is 11.3 Å². The van der Waals surface area contributed by atoms with Crippen molar-refractivity contribution in [3.63, 3.8) is 0 Å². The summed E-state index contributed by atoms with van der Waals surface area (Å²) in [7, 11) is 0. The number of carbonyl (C=O) groups excluding carboxylic acids is 1. The van der Waals surface area contributed by atoms with Gasteiger partial charge in [0.25, 0.3) is 0 Å². The third kappa shape index (κ3) is 3.64. The van der Waals surface area contributed by atoms with Gasteiger partial charge in [-0.15, -0.1) is 0 Å². The zero-order chi connectivity index (χ0) is 15.0. The highest BCUT2D eigenvalue weighted by molar-refractivity contribution is 5.69. The summed E-state index contributed by atoms with van der Waals surface area (Å²) in [5, 5.41) is 3.52. The van der Waals surface area contributed by atoms with E-state index in [1.807, 2.05) is 34.6 Å². The lowest BCUT2D eigenvalue weighted by molar-refractivity contribution is -0.0624. The predicted molar refractivity (Wildman–Crippen MR) is 77.5 cm³/mol. The van der Waals surface area contributed by atoms with E-state index in [2.05, 4.69) is 5.32 Å². The molecule has 1 aliphatic carbocycles. The van der Waals surface area contributed by atoms with E-state index in [1.54, 1.807) is 4.90 Å². The molecule has 5 heteroatoms. The minimum absolute atomic E-state index is 0.0421.